The maximum absolute atomic E-state index is 11.9. The van der Waals surface area contributed by atoms with Crippen molar-refractivity contribution in [3.05, 3.63) is 21.9 Å². The van der Waals surface area contributed by atoms with E-state index in [0.717, 1.165) is 23.5 Å². The van der Waals surface area contributed by atoms with E-state index in [1.165, 1.54) is 17.8 Å². The van der Waals surface area contributed by atoms with Gasteiger partial charge in [0.25, 0.3) is 5.91 Å². The van der Waals surface area contributed by atoms with E-state index in [4.69, 9.17) is 4.74 Å². The van der Waals surface area contributed by atoms with Gasteiger partial charge in [-0.2, -0.15) is 0 Å². The zero-order chi connectivity index (χ0) is 12.3. The number of thiophene rings is 1. The van der Waals surface area contributed by atoms with Crippen LogP contribution in [0.15, 0.2) is 11.4 Å². The Balaban J connectivity index is 1.81. The van der Waals surface area contributed by atoms with Crippen molar-refractivity contribution in [1.29, 1.82) is 0 Å². The van der Waals surface area contributed by atoms with E-state index < -0.39 is 0 Å². The van der Waals surface area contributed by atoms with Gasteiger partial charge in [0.15, 0.2) is 0 Å². The third-order valence-corrected chi connectivity index (χ3v) is 4.10. The molecule has 1 unspecified atom stereocenters. The van der Waals surface area contributed by atoms with Crippen molar-refractivity contribution in [2.75, 3.05) is 27.2 Å². The zero-order valence-electron chi connectivity index (χ0n) is 10.2. The van der Waals surface area contributed by atoms with Crippen LogP contribution in [0.25, 0.3) is 0 Å². The maximum Gasteiger partial charge on any atom is 0.261 e. The number of hydrogen-bond acceptors (Lipinski definition) is 4. The Morgan fingerprint density at radius 1 is 1.71 bits per heavy atom. The SMILES string of the molecule is COCc1csc(C(=O)NCC2CCN2C)c1. The zero-order valence-corrected chi connectivity index (χ0v) is 11.0. The molecule has 94 valence electrons. The number of nitrogens with one attached hydrogen (secondary N) is 1. The van der Waals surface area contributed by atoms with Crippen LogP contribution in [0.4, 0.5) is 0 Å². The quantitative estimate of drug-likeness (QED) is 0.862. The summed E-state index contributed by atoms with van der Waals surface area (Å²) in [6.07, 6.45) is 1.18. The van der Waals surface area contributed by atoms with Gasteiger partial charge in [0.2, 0.25) is 0 Å². The van der Waals surface area contributed by atoms with Crippen molar-refractivity contribution in [3.63, 3.8) is 0 Å². The first-order valence-corrected chi connectivity index (χ1v) is 6.63. The topological polar surface area (TPSA) is 41.6 Å². The molecule has 2 rings (SSSR count). The van der Waals surface area contributed by atoms with Gasteiger partial charge in [-0.25, -0.2) is 0 Å². The summed E-state index contributed by atoms with van der Waals surface area (Å²) in [5.74, 6) is 0.0256. The summed E-state index contributed by atoms with van der Waals surface area (Å²) in [5, 5.41) is 4.94. The van der Waals surface area contributed by atoms with Crippen LogP contribution < -0.4 is 5.32 Å². The first-order chi connectivity index (χ1) is 8.20. The Bertz CT molecular complexity index is 392. The average Bonchev–Trinajstić information content (AvgIpc) is 2.76. The number of amides is 1. The van der Waals surface area contributed by atoms with Gasteiger partial charge >= 0.3 is 0 Å². The van der Waals surface area contributed by atoms with Crippen LogP contribution in [0.1, 0.15) is 21.7 Å². The molecule has 0 saturated carbocycles. The number of likely N-dealkylation sites (tertiary alicyclic amines) is 1. The maximum atomic E-state index is 11.9. The van der Waals surface area contributed by atoms with Crippen molar-refractivity contribution in [3.8, 4) is 0 Å². The molecule has 1 aliphatic rings. The lowest BCUT2D eigenvalue weighted by Gasteiger charge is -2.37. The van der Waals surface area contributed by atoms with Crippen LogP contribution >= 0.6 is 11.3 Å². The van der Waals surface area contributed by atoms with Crippen LogP contribution in [0.3, 0.4) is 0 Å². The molecule has 1 atom stereocenters. The number of likely N-dealkylation sites (N-methyl/N-ethyl adjacent to an activating group) is 1. The number of rotatable bonds is 5. The highest BCUT2D eigenvalue weighted by Gasteiger charge is 2.24. The molecule has 1 N–H and O–H groups in total. The third-order valence-electron chi connectivity index (χ3n) is 3.13. The largest absolute Gasteiger partial charge is 0.380 e. The van der Waals surface area contributed by atoms with Gasteiger partial charge < -0.3 is 15.0 Å². The van der Waals surface area contributed by atoms with E-state index in [0.29, 0.717) is 12.6 Å². The molecule has 1 aliphatic heterocycles. The summed E-state index contributed by atoms with van der Waals surface area (Å²) in [7, 11) is 3.74. The minimum atomic E-state index is 0.0256. The predicted molar refractivity (Wildman–Crippen MR) is 68.4 cm³/mol. The van der Waals surface area contributed by atoms with Crippen LogP contribution in [-0.2, 0) is 11.3 Å². The van der Waals surface area contributed by atoms with Crippen LogP contribution in [-0.4, -0.2) is 44.1 Å². The fourth-order valence-corrected chi connectivity index (χ4v) is 2.68. The predicted octanol–water partition coefficient (Wildman–Crippen LogP) is 1.33. The highest BCUT2D eigenvalue weighted by atomic mass is 32.1. The van der Waals surface area contributed by atoms with E-state index in [2.05, 4.69) is 17.3 Å². The lowest BCUT2D eigenvalue weighted by Crippen LogP contribution is -2.51. The molecule has 0 bridgehead atoms. The molecule has 4 nitrogen and oxygen atoms in total. The van der Waals surface area contributed by atoms with E-state index in [9.17, 15) is 4.79 Å². The minimum absolute atomic E-state index is 0.0256. The first kappa shape index (κ1) is 12.5. The fourth-order valence-electron chi connectivity index (χ4n) is 1.86. The third kappa shape index (κ3) is 3.06. The molecule has 2 heterocycles. The molecule has 0 radical (unpaired) electrons. The Morgan fingerprint density at radius 3 is 3.12 bits per heavy atom. The summed E-state index contributed by atoms with van der Waals surface area (Å²) in [4.78, 5) is 14.9. The van der Waals surface area contributed by atoms with Crippen LogP contribution in [0, 0.1) is 0 Å². The van der Waals surface area contributed by atoms with E-state index in [-0.39, 0.29) is 5.91 Å². The molecule has 1 aromatic rings. The Morgan fingerprint density at radius 2 is 2.53 bits per heavy atom. The molecule has 0 spiro atoms. The fraction of sp³-hybridized carbons (Fsp3) is 0.583. The Labute approximate surface area is 106 Å². The van der Waals surface area contributed by atoms with Gasteiger partial charge in [0.1, 0.15) is 0 Å². The molecule has 1 fully saturated rings. The first-order valence-electron chi connectivity index (χ1n) is 5.75. The van der Waals surface area contributed by atoms with Gasteiger partial charge in [-0.1, -0.05) is 0 Å². The van der Waals surface area contributed by atoms with Crippen molar-refractivity contribution < 1.29 is 9.53 Å². The second-order valence-electron chi connectivity index (χ2n) is 4.39. The van der Waals surface area contributed by atoms with Crippen LogP contribution in [0.2, 0.25) is 0 Å². The molecule has 0 aliphatic carbocycles. The minimum Gasteiger partial charge on any atom is -0.380 e. The van der Waals surface area contributed by atoms with E-state index in [1.54, 1.807) is 7.11 Å². The lowest BCUT2D eigenvalue weighted by molar-refractivity contribution is 0.0888. The van der Waals surface area contributed by atoms with Gasteiger partial charge in [-0.15, -0.1) is 11.3 Å². The van der Waals surface area contributed by atoms with Crippen LogP contribution in [0.5, 0.6) is 0 Å². The van der Waals surface area contributed by atoms with Gasteiger partial charge in [0, 0.05) is 19.7 Å². The van der Waals surface area contributed by atoms with Gasteiger partial charge in [0.05, 0.1) is 11.5 Å². The number of methoxy groups -OCH3 is 1. The van der Waals surface area contributed by atoms with E-state index in [1.807, 2.05) is 11.4 Å². The smallest absolute Gasteiger partial charge is 0.261 e. The summed E-state index contributed by atoms with van der Waals surface area (Å²) in [5.41, 5.74) is 1.06. The molecule has 1 saturated heterocycles. The molecule has 1 aromatic heterocycles. The lowest BCUT2D eigenvalue weighted by atomic mass is 10.1. The van der Waals surface area contributed by atoms with Crippen molar-refractivity contribution in [2.24, 2.45) is 0 Å². The standard InChI is InChI=1S/C12H18N2O2S/c1-14-4-3-10(14)6-13-12(15)11-5-9(7-16-2)8-17-11/h5,8,10H,3-4,6-7H2,1-2H3,(H,13,15). The second kappa shape index (κ2) is 5.62. The average molecular weight is 254 g/mol. The van der Waals surface area contributed by atoms with E-state index >= 15 is 0 Å². The van der Waals surface area contributed by atoms with Gasteiger partial charge in [-0.05, 0) is 37.0 Å². The Kier molecular flexibility index (Phi) is 4.15. The number of carbonyl (C=O) groups is 1. The number of hydrogen-bond donors (Lipinski definition) is 1. The molecule has 5 heteroatoms. The summed E-state index contributed by atoms with van der Waals surface area (Å²) < 4.78 is 5.03. The molecule has 0 aromatic carbocycles. The summed E-state index contributed by atoms with van der Waals surface area (Å²) in [6.45, 7) is 2.44. The molecule has 17 heavy (non-hydrogen) atoms. The number of ether oxygens (including phenoxy) is 1. The molecule has 1 amide bonds. The Hall–Kier alpha value is -0.910. The molecular formula is C12H18N2O2S. The number of nitrogens with zero attached hydrogens (tertiary/aromatic N) is 1. The summed E-state index contributed by atoms with van der Waals surface area (Å²) in [6, 6.07) is 2.41. The number of carbonyl (C=O) groups excluding carboxylic acids is 1. The van der Waals surface area contributed by atoms with Crippen molar-refractivity contribution in [2.45, 2.75) is 19.1 Å². The van der Waals surface area contributed by atoms with Gasteiger partial charge in [-0.3, -0.25) is 4.79 Å². The second-order valence-corrected chi connectivity index (χ2v) is 5.30. The highest BCUT2D eigenvalue weighted by Crippen LogP contribution is 2.16. The van der Waals surface area contributed by atoms with Crippen molar-refractivity contribution in [1.82, 2.24) is 10.2 Å². The summed E-state index contributed by atoms with van der Waals surface area (Å²) >= 11 is 1.47. The molecular weight excluding hydrogens is 236 g/mol. The monoisotopic (exact) mass is 254 g/mol. The van der Waals surface area contributed by atoms with Crippen molar-refractivity contribution >= 4 is 17.2 Å². The normalized spacial score (nSPS) is 20.0. The highest BCUT2D eigenvalue weighted by molar-refractivity contribution is 7.12.